The van der Waals surface area contributed by atoms with Crippen molar-refractivity contribution in [3.63, 3.8) is 0 Å². The molecule has 3 rings (SSSR count). The Hall–Kier alpha value is -2.15. The molecule has 0 aliphatic carbocycles. The maximum absolute atomic E-state index is 11.5. The van der Waals surface area contributed by atoms with Gasteiger partial charge >= 0.3 is 0 Å². The molecule has 1 N–H and O–H groups in total. The molecular formula is C12H15N5O2. The SMILES string of the molecule is Cn1[nH]c([C@@H]2CN(c3cnccn3)CCO2)cc1=O. The molecule has 19 heavy (non-hydrogen) atoms. The number of aryl methyl sites for hydroxylation is 1. The summed E-state index contributed by atoms with van der Waals surface area (Å²) in [6, 6.07) is 1.57. The summed E-state index contributed by atoms with van der Waals surface area (Å²) in [5.41, 5.74) is 0.733. The number of hydrogen-bond acceptors (Lipinski definition) is 5. The summed E-state index contributed by atoms with van der Waals surface area (Å²) in [4.78, 5) is 21.9. The van der Waals surface area contributed by atoms with Crippen molar-refractivity contribution in [3.05, 3.63) is 40.7 Å². The molecule has 2 aromatic heterocycles. The first-order valence-electron chi connectivity index (χ1n) is 6.12. The van der Waals surface area contributed by atoms with E-state index in [4.69, 9.17) is 4.74 Å². The van der Waals surface area contributed by atoms with Crippen LogP contribution in [0.1, 0.15) is 11.8 Å². The highest BCUT2D eigenvalue weighted by atomic mass is 16.5. The van der Waals surface area contributed by atoms with E-state index < -0.39 is 0 Å². The van der Waals surface area contributed by atoms with Crippen molar-refractivity contribution in [2.45, 2.75) is 6.10 Å². The molecule has 7 heteroatoms. The third-order valence-electron chi connectivity index (χ3n) is 3.19. The summed E-state index contributed by atoms with van der Waals surface area (Å²) in [6.07, 6.45) is 4.90. The Morgan fingerprint density at radius 3 is 3.05 bits per heavy atom. The number of H-pyrrole nitrogens is 1. The Morgan fingerprint density at radius 2 is 2.37 bits per heavy atom. The smallest absolute Gasteiger partial charge is 0.266 e. The summed E-state index contributed by atoms with van der Waals surface area (Å²) < 4.78 is 7.16. The van der Waals surface area contributed by atoms with Gasteiger partial charge in [0.2, 0.25) is 0 Å². The number of aromatic nitrogens is 4. The van der Waals surface area contributed by atoms with E-state index in [-0.39, 0.29) is 11.7 Å². The van der Waals surface area contributed by atoms with Crippen molar-refractivity contribution in [1.29, 1.82) is 0 Å². The van der Waals surface area contributed by atoms with Crippen LogP contribution in [-0.4, -0.2) is 39.4 Å². The predicted molar refractivity (Wildman–Crippen MR) is 69.0 cm³/mol. The van der Waals surface area contributed by atoms with Crippen LogP contribution in [0.3, 0.4) is 0 Å². The van der Waals surface area contributed by atoms with Gasteiger partial charge in [-0.3, -0.25) is 19.6 Å². The van der Waals surface area contributed by atoms with Gasteiger partial charge in [0.15, 0.2) is 0 Å². The minimum absolute atomic E-state index is 0.0600. The number of hydrogen-bond donors (Lipinski definition) is 1. The van der Waals surface area contributed by atoms with Gasteiger partial charge in [-0.1, -0.05) is 0 Å². The second-order valence-electron chi connectivity index (χ2n) is 4.48. The van der Waals surface area contributed by atoms with Crippen molar-refractivity contribution >= 4 is 5.82 Å². The lowest BCUT2D eigenvalue weighted by Gasteiger charge is -2.32. The Morgan fingerprint density at radius 1 is 1.47 bits per heavy atom. The first-order chi connectivity index (χ1) is 9.24. The van der Waals surface area contributed by atoms with Gasteiger partial charge in [-0.15, -0.1) is 0 Å². The minimum Gasteiger partial charge on any atom is -0.368 e. The van der Waals surface area contributed by atoms with Crippen LogP contribution in [0.4, 0.5) is 5.82 Å². The van der Waals surface area contributed by atoms with Crippen molar-refractivity contribution in [2.75, 3.05) is 24.6 Å². The molecule has 0 bridgehead atoms. The lowest BCUT2D eigenvalue weighted by Crippen LogP contribution is -2.39. The molecule has 0 amide bonds. The van der Waals surface area contributed by atoms with Crippen LogP contribution in [0.15, 0.2) is 29.5 Å². The van der Waals surface area contributed by atoms with E-state index in [1.54, 1.807) is 31.7 Å². The van der Waals surface area contributed by atoms with Gasteiger partial charge in [0, 0.05) is 32.1 Å². The first kappa shape index (κ1) is 11.9. The number of nitrogens with zero attached hydrogens (tertiary/aromatic N) is 4. The molecule has 100 valence electrons. The summed E-state index contributed by atoms with van der Waals surface area (Å²) in [7, 11) is 1.69. The Kier molecular flexibility index (Phi) is 3.04. The molecular weight excluding hydrogens is 246 g/mol. The average molecular weight is 261 g/mol. The monoisotopic (exact) mass is 261 g/mol. The molecule has 1 saturated heterocycles. The molecule has 3 heterocycles. The number of morpholine rings is 1. The van der Waals surface area contributed by atoms with Gasteiger partial charge in [-0.2, -0.15) is 0 Å². The van der Waals surface area contributed by atoms with Gasteiger partial charge in [0.1, 0.15) is 11.9 Å². The molecule has 0 unspecified atom stereocenters. The zero-order valence-corrected chi connectivity index (χ0v) is 10.6. The number of ether oxygens (including phenoxy) is 1. The standard InChI is InChI=1S/C12H15N5O2/c1-16-12(18)6-9(15-16)10-8-17(4-5-19-10)11-7-13-2-3-14-11/h2-3,6-7,10,15H,4-5,8H2,1H3/t10-/m0/s1. The highest BCUT2D eigenvalue weighted by molar-refractivity contribution is 5.36. The number of rotatable bonds is 2. The number of nitrogens with one attached hydrogen (secondary N) is 1. The molecule has 0 aromatic carbocycles. The topological polar surface area (TPSA) is 76.0 Å². The van der Waals surface area contributed by atoms with Gasteiger partial charge in [0.05, 0.1) is 25.0 Å². The van der Waals surface area contributed by atoms with Crippen molar-refractivity contribution in [2.24, 2.45) is 7.05 Å². The van der Waals surface area contributed by atoms with Crippen LogP contribution in [0.5, 0.6) is 0 Å². The van der Waals surface area contributed by atoms with Crippen molar-refractivity contribution < 1.29 is 4.74 Å². The summed E-state index contributed by atoms with van der Waals surface area (Å²) >= 11 is 0. The fourth-order valence-corrected chi connectivity index (χ4v) is 2.18. The van der Waals surface area contributed by atoms with Crippen LogP contribution >= 0.6 is 0 Å². The van der Waals surface area contributed by atoms with E-state index in [0.717, 1.165) is 18.1 Å². The molecule has 1 fully saturated rings. The summed E-state index contributed by atoms with van der Waals surface area (Å²) in [6.45, 7) is 2.02. The second-order valence-corrected chi connectivity index (χ2v) is 4.48. The molecule has 1 atom stereocenters. The fraction of sp³-hybridized carbons (Fsp3) is 0.417. The molecule has 7 nitrogen and oxygen atoms in total. The minimum atomic E-state index is -0.148. The molecule has 0 spiro atoms. The Bertz CT molecular complexity index is 606. The average Bonchev–Trinajstić information content (AvgIpc) is 2.80. The van der Waals surface area contributed by atoms with Gasteiger partial charge in [-0.05, 0) is 0 Å². The van der Waals surface area contributed by atoms with Crippen LogP contribution in [-0.2, 0) is 11.8 Å². The first-order valence-corrected chi connectivity index (χ1v) is 6.12. The second kappa shape index (κ2) is 4.85. The quantitative estimate of drug-likeness (QED) is 0.828. The molecule has 2 aromatic rings. The predicted octanol–water partition coefficient (Wildman–Crippen LogP) is 0.0813. The molecule has 1 aliphatic heterocycles. The van der Waals surface area contributed by atoms with Crippen molar-refractivity contribution in [3.8, 4) is 0 Å². The lowest BCUT2D eigenvalue weighted by atomic mass is 10.2. The number of anilines is 1. The zero-order valence-electron chi connectivity index (χ0n) is 10.6. The molecule has 0 radical (unpaired) electrons. The maximum atomic E-state index is 11.5. The van der Waals surface area contributed by atoms with E-state index in [1.165, 1.54) is 4.68 Å². The van der Waals surface area contributed by atoms with E-state index >= 15 is 0 Å². The summed E-state index contributed by atoms with van der Waals surface area (Å²) in [5, 5.41) is 3.00. The Labute approximate surface area is 109 Å². The van der Waals surface area contributed by atoms with E-state index in [2.05, 4.69) is 20.0 Å². The summed E-state index contributed by atoms with van der Waals surface area (Å²) in [5.74, 6) is 0.828. The third-order valence-corrected chi connectivity index (χ3v) is 3.19. The van der Waals surface area contributed by atoms with Crippen LogP contribution in [0.2, 0.25) is 0 Å². The van der Waals surface area contributed by atoms with Crippen LogP contribution < -0.4 is 10.5 Å². The van der Waals surface area contributed by atoms with Gasteiger partial charge in [-0.25, -0.2) is 4.98 Å². The largest absolute Gasteiger partial charge is 0.368 e. The van der Waals surface area contributed by atoms with Gasteiger partial charge in [0.25, 0.3) is 5.56 Å². The fourth-order valence-electron chi connectivity index (χ4n) is 2.18. The zero-order chi connectivity index (χ0) is 13.2. The van der Waals surface area contributed by atoms with E-state index in [1.807, 2.05) is 0 Å². The van der Waals surface area contributed by atoms with Gasteiger partial charge < -0.3 is 9.64 Å². The van der Waals surface area contributed by atoms with Crippen LogP contribution in [0.25, 0.3) is 0 Å². The van der Waals surface area contributed by atoms with E-state index in [0.29, 0.717) is 13.2 Å². The third kappa shape index (κ3) is 2.37. The number of aromatic amines is 1. The van der Waals surface area contributed by atoms with Crippen molar-refractivity contribution in [1.82, 2.24) is 19.7 Å². The highest BCUT2D eigenvalue weighted by Gasteiger charge is 2.24. The highest BCUT2D eigenvalue weighted by Crippen LogP contribution is 2.22. The molecule has 0 saturated carbocycles. The lowest BCUT2D eigenvalue weighted by molar-refractivity contribution is 0.0364. The maximum Gasteiger partial charge on any atom is 0.266 e. The Balaban J connectivity index is 1.80. The molecule has 1 aliphatic rings. The van der Waals surface area contributed by atoms with E-state index in [9.17, 15) is 4.79 Å². The van der Waals surface area contributed by atoms with Crippen LogP contribution in [0, 0.1) is 0 Å². The normalized spacial score (nSPS) is 19.6.